The van der Waals surface area contributed by atoms with Gasteiger partial charge >= 0.3 is 5.97 Å². The van der Waals surface area contributed by atoms with Crippen LogP contribution < -0.4 is 0 Å². The Bertz CT molecular complexity index is 761. The highest BCUT2D eigenvalue weighted by Gasteiger charge is 2.77. The number of hydrogen-bond donors (Lipinski definition) is 1. The van der Waals surface area contributed by atoms with Gasteiger partial charge in [-0.2, -0.15) is 0 Å². The van der Waals surface area contributed by atoms with Gasteiger partial charge in [0.1, 0.15) is 11.6 Å². The number of esters is 1. The van der Waals surface area contributed by atoms with Gasteiger partial charge in [-0.15, -0.1) is 6.58 Å². The summed E-state index contributed by atoms with van der Waals surface area (Å²) in [5, 5.41) is 9.04. The topological polar surface area (TPSA) is 96.4 Å². The molecule has 0 aromatic heterocycles. The number of ether oxygens (including phenoxy) is 2. The predicted octanol–water partition coefficient (Wildman–Crippen LogP) is 2.27. The van der Waals surface area contributed by atoms with Gasteiger partial charge in [-0.1, -0.05) is 34.8 Å². The van der Waals surface area contributed by atoms with E-state index in [-0.39, 0.29) is 35.9 Å². The highest BCUT2D eigenvalue weighted by Crippen LogP contribution is 2.60. The Morgan fingerprint density at radius 2 is 2.06 bits per heavy atom. The number of hydrogen-bond acceptors (Lipinski definition) is 6. The normalized spacial score (nSPS) is 32.4. The van der Waals surface area contributed by atoms with E-state index in [0.717, 1.165) is 12.8 Å². The number of rotatable bonds is 12. The molecule has 3 aliphatic heterocycles. The zero-order chi connectivity index (χ0) is 24.3. The molecule has 8 nitrogen and oxygen atoms in total. The second-order valence-corrected chi connectivity index (χ2v) is 10.6. The Kier molecular flexibility index (Phi) is 8.61. The van der Waals surface area contributed by atoms with Crippen LogP contribution in [-0.2, 0) is 23.9 Å². The molecule has 2 bridgehead atoms. The maximum absolute atomic E-state index is 13.9. The summed E-state index contributed by atoms with van der Waals surface area (Å²) >= 11 is 3.65. The van der Waals surface area contributed by atoms with Crippen LogP contribution in [-0.4, -0.2) is 87.6 Å². The van der Waals surface area contributed by atoms with E-state index in [1.54, 1.807) is 22.8 Å². The Balaban J connectivity index is 1.97. The molecular formula is C24H37BrN2O6. The molecule has 2 amide bonds. The Morgan fingerprint density at radius 3 is 2.67 bits per heavy atom. The number of carbonyl (C=O) groups is 3. The molecule has 3 fully saturated rings. The van der Waals surface area contributed by atoms with Crippen molar-refractivity contribution in [3.05, 3.63) is 12.7 Å². The van der Waals surface area contributed by atoms with Crippen molar-refractivity contribution in [2.75, 3.05) is 26.3 Å². The van der Waals surface area contributed by atoms with E-state index in [4.69, 9.17) is 14.6 Å². The van der Waals surface area contributed by atoms with Crippen molar-refractivity contribution in [1.29, 1.82) is 0 Å². The average Bonchev–Trinajstić information content (AvgIpc) is 3.35. The number of nitrogens with zero attached hydrogens (tertiary/aromatic N) is 2. The molecule has 1 N–H and O–H groups in total. The molecule has 33 heavy (non-hydrogen) atoms. The first kappa shape index (κ1) is 26.2. The van der Waals surface area contributed by atoms with E-state index in [2.05, 4.69) is 22.5 Å². The number of aliphatic hydroxyl groups excluding tert-OH is 1. The van der Waals surface area contributed by atoms with Gasteiger partial charge in [0.2, 0.25) is 11.8 Å². The van der Waals surface area contributed by atoms with E-state index in [9.17, 15) is 14.4 Å². The first-order valence-electron chi connectivity index (χ1n) is 12.1. The number of aliphatic hydroxyl groups is 1. The summed E-state index contributed by atoms with van der Waals surface area (Å²) in [5.41, 5.74) is -1.05. The number of fused-ring (bicyclic) bond motifs is 1. The maximum Gasteiger partial charge on any atom is 0.312 e. The molecule has 0 aromatic rings. The minimum absolute atomic E-state index is 0.0771. The van der Waals surface area contributed by atoms with E-state index in [1.807, 2.05) is 13.8 Å². The van der Waals surface area contributed by atoms with E-state index >= 15 is 0 Å². The predicted molar refractivity (Wildman–Crippen MR) is 127 cm³/mol. The van der Waals surface area contributed by atoms with Crippen LogP contribution in [0.2, 0.25) is 0 Å². The third-order valence-corrected chi connectivity index (χ3v) is 7.97. The Labute approximate surface area is 204 Å². The molecule has 3 rings (SSSR count). The number of amides is 2. The van der Waals surface area contributed by atoms with Gasteiger partial charge in [-0.25, -0.2) is 0 Å². The van der Waals surface area contributed by atoms with Crippen molar-refractivity contribution in [2.45, 2.75) is 81.5 Å². The summed E-state index contributed by atoms with van der Waals surface area (Å²) < 4.78 is 11.8. The third-order valence-electron chi connectivity index (χ3n) is 7.12. The van der Waals surface area contributed by atoms with Gasteiger partial charge in [0, 0.05) is 30.6 Å². The van der Waals surface area contributed by atoms with E-state index in [0.29, 0.717) is 32.4 Å². The van der Waals surface area contributed by atoms with Crippen LogP contribution in [0.5, 0.6) is 0 Å². The van der Waals surface area contributed by atoms with Crippen molar-refractivity contribution in [2.24, 2.45) is 11.8 Å². The smallest absolute Gasteiger partial charge is 0.312 e. The third kappa shape index (κ3) is 4.60. The van der Waals surface area contributed by atoms with E-state index in [1.165, 1.54) is 0 Å². The molecule has 0 radical (unpaired) electrons. The quantitative estimate of drug-likeness (QED) is 0.180. The first-order valence-corrected chi connectivity index (χ1v) is 13.0. The SMILES string of the molecule is C=CCN(C(=O)C1N(CCCCCCO)C(=O)[C@@H]2[C@H](C(=O)OCC)[C@H]3OC12CC3Br)C(C)C. The minimum Gasteiger partial charge on any atom is -0.466 e. The van der Waals surface area contributed by atoms with Crippen molar-refractivity contribution in [1.82, 2.24) is 9.80 Å². The first-order chi connectivity index (χ1) is 15.7. The van der Waals surface area contributed by atoms with Crippen LogP contribution in [0.15, 0.2) is 12.7 Å². The molecule has 186 valence electrons. The Hall–Kier alpha value is -1.45. The number of likely N-dealkylation sites (tertiary alicyclic amines) is 1. The molecule has 0 saturated carbocycles. The number of halogens is 1. The molecule has 6 atom stereocenters. The van der Waals surface area contributed by atoms with Crippen molar-refractivity contribution < 1.29 is 29.0 Å². The van der Waals surface area contributed by atoms with Crippen molar-refractivity contribution >= 4 is 33.7 Å². The van der Waals surface area contributed by atoms with Gasteiger partial charge in [-0.05, 0) is 40.0 Å². The zero-order valence-electron chi connectivity index (χ0n) is 19.9. The number of unbranched alkanes of at least 4 members (excludes halogenated alkanes) is 3. The number of alkyl halides is 1. The molecule has 1 spiro atoms. The minimum atomic E-state index is -1.05. The lowest BCUT2D eigenvalue weighted by Crippen LogP contribution is -2.58. The molecular weight excluding hydrogens is 492 g/mol. The summed E-state index contributed by atoms with van der Waals surface area (Å²) in [7, 11) is 0. The number of carbonyl (C=O) groups excluding carboxylic acids is 3. The van der Waals surface area contributed by atoms with Crippen molar-refractivity contribution in [3.8, 4) is 0 Å². The summed E-state index contributed by atoms with van der Waals surface area (Å²) in [4.78, 5) is 43.9. The molecule has 3 heterocycles. The monoisotopic (exact) mass is 528 g/mol. The maximum atomic E-state index is 13.9. The van der Waals surface area contributed by atoms with Crippen LogP contribution >= 0.6 is 15.9 Å². The van der Waals surface area contributed by atoms with Crippen LogP contribution in [0.25, 0.3) is 0 Å². The van der Waals surface area contributed by atoms with Gasteiger partial charge in [0.05, 0.1) is 24.5 Å². The Morgan fingerprint density at radius 1 is 1.36 bits per heavy atom. The average molecular weight is 529 g/mol. The van der Waals surface area contributed by atoms with Crippen LogP contribution in [0.1, 0.15) is 52.9 Å². The summed E-state index contributed by atoms with van der Waals surface area (Å²) in [6.07, 6.45) is 4.80. The van der Waals surface area contributed by atoms with Gasteiger partial charge in [-0.3, -0.25) is 14.4 Å². The summed E-state index contributed by atoms with van der Waals surface area (Å²) in [6, 6.07) is -0.869. The second kappa shape index (κ2) is 10.9. The summed E-state index contributed by atoms with van der Waals surface area (Å²) in [6.45, 7) is 10.6. The van der Waals surface area contributed by atoms with Crippen LogP contribution in [0, 0.1) is 11.8 Å². The van der Waals surface area contributed by atoms with Crippen LogP contribution in [0.4, 0.5) is 0 Å². The molecule has 0 aliphatic carbocycles. The molecule has 3 aliphatic rings. The van der Waals surface area contributed by atoms with Crippen molar-refractivity contribution in [3.63, 3.8) is 0 Å². The molecule has 3 saturated heterocycles. The summed E-state index contributed by atoms with van der Waals surface area (Å²) in [5.74, 6) is -2.25. The fourth-order valence-electron chi connectivity index (χ4n) is 5.76. The highest BCUT2D eigenvalue weighted by atomic mass is 79.9. The lowest BCUT2D eigenvalue weighted by Gasteiger charge is -2.38. The molecule has 0 aromatic carbocycles. The lowest BCUT2D eigenvalue weighted by atomic mass is 9.70. The van der Waals surface area contributed by atoms with Gasteiger partial charge in [0.15, 0.2) is 0 Å². The fourth-order valence-corrected chi connectivity index (χ4v) is 6.70. The second-order valence-electron chi connectivity index (χ2n) is 9.46. The van der Waals surface area contributed by atoms with E-state index < -0.39 is 35.6 Å². The molecule has 3 unspecified atom stereocenters. The largest absolute Gasteiger partial charge is 0.466 e. The standard InChI is InChI=1S/C24H37BrN2O6/c1-5-11-26(15(3)4)22(30)20-24-14-16(25)19(33-24)17(23(31)32-6-2)18(24)21(29)27(20)12-9-7-8-10-13-28/h5,15-20,28H,1,6-14H2,2-4H3/t16?,17-,18-,19-,20?,24?/m0/s1. The fraction of sp³-hybridized carbons (Fsp3) is 0.792. The van der Waals surface area contributed by atoms with Crippen LogP contribution in [0.3, 0.4) is 0 Å². The lowest BCUT2D eigenvalue weighted by molar-refractivity contribution is -0.155. The highest BCUT2D eigenvalue weighted by molar-refractivity contribution is 9.09. The zero-order valence-corrected chi connectivity index (χ0v) is 21.5. The molecule has 9 heteroatoms. The van der Waals surface area contributed by atoms with Gasteiger partial charge < -0.3 is 24.4 Å². The van der Waals surface area contributed by atoms with Gasteiger partial charge in [0.25, 0.3) is 0 Å².